The van der Waals surface area contributed by atoms with Gasteiger partial charge in [-0.25, -0.2) is 18.2 Å². The van der Waals surface area contributed by atoms with E-state index in [-0.39, 0.29) is 17.1 Å². The molecule has 1 aliphatic heterocycles. The van der Waals surface area contributed by atoms with Gasteiger partial charge in [-0.3, -0.25) is 0 Å². The van der Waals surface area contributed by atoms with Crippen LogP contribution in [0.25, 0.3) is 0 Å². The third-order valence-corrected chi connectivity index (χ3v) is 15.3. The summed E-state index contributed by atoms with van der Waals surface area (Å²) in [6.45, 7) is 12.4. The number of rotatable bonds is 8. The highest BCUT2D eigenvalue weighted by Crippen LogP contribution is 2.70. The van der Waals surface area contributed by atoms with Gasteiger partial charge in [0.25, 0.3) is 0 Å². The Bertz CT molecular complexity index is 1200. The van der Waals surface area contributed by atoms with Gasteiger partial charge in [-0.15, -0.1) is 0 Å². The summed E-state index contributed by atoms with van der Waals surface area (Å²) in [6, 6.07) is 8.60. The third kappa shape index (κ3) is 5.43. The van der Waals surface area contributed by atoms with Gasteiger partial charge in [0.2, 0.25) is 5.79 Å². The van der Waals surface area contributed by atoms with Crippen LogP contribution in [0.5, 0.6) is 0 Å². The van der Waals surface area contributed by atoms with Crippen molar-refractivity contribution in [2.75, 3.05) is 5.75 Å². The molecule has 0 radical (unpaired) electrons. The smallest absolute Gasteiger partial charge is 0.202 e. The van der Waals surface area contributed by atoms with E-state index in [2.05, 4.69) is 34.6 Å². The van der Waals surface area contributed by atoms with Crippen LogP contribution in [0.2, 0.25) is 0 Å². The van der Waals surface area contributed by atoms with Gasteiger partial charge in [-0.2, -0.15) is 0 Å². The van der Waals surface area contributed by atoms with Crippen LogP contribution in [0.1, 0.15) is 112 Å². The van der Waals surface area contributed by atoms with E-state index in [0.717, 1.165) is 42.4 Å². The monoisotopic (exact) mass is 600 g/mol. The Morgan fingerprint density at radius 3 is 2.38 bits per heavy atom. The molecule has 236 valence electrons. The lowest BCUT2D eigenvalue weighted by molar-refractivity contribution is -0.487. The van der Waals surface area contributed by atoms with Gasteiger partial charge in [-0.05, 0) is 116 Å². The van der Waals surface area contributed by atoms with Crippen molar-refractivity contribution in [1.29, 1.82) is 0 Å². The van der Waals surface area contributed by atoms with Gasteiger partial charge in [0.05, 0.1) is 10.6 Å². The van der Waals surface area contributed by atoms with Gasteiger partial charge >= 0.3 is 0 Å². The zero-order valence-electron chi connectivity index (χ0n) is 26.8. The van der Waals surface area contributed by atoms with Gasteiger partial charge in [0.15, 0.2) is 9.84 Å². The Morgan fingerprint density at radius 1 is 0.905 bits per heavy atom. The molecule has 1 N–H and O–H groups in total. The van der Waals surface area contributed by atoms with Gasteiger partial charge < -0.3 is 5.11 Å². The van der Waals surface area contributed by atoms with Crippen molar-refractivity contribution in [2.24, 2.45) is 58.2 Å². The first-order valence-electron chi connectivity index (χ1n) is 17.2. The largest absolute Gasteiger partial charge is 0.363 e. The van der Waals surface area contributed by atoms with Crippen LogP contribution in [-0.2, 0) is 19.6 Å². The molecule has 6 rings (SSSR count). The predicted octanol–water partition coefficient (Wildman–Crippen LogP) is 8.22. The van der Waals surface area contributed by atoms with Crippen LogP contribution in [0.4, 0.5) is 0 Å². The Balaban J connectivity index is 1.15. The average Bonchev–Trinajstić information content (AvgIpc) is 3.30. The zero-order valence-corrected chi connectivity index (χ0v) is 27.6. The molecule has 1 aromatic rings. The van der Waals surface area contributed by atoms with Crippen molar-refractivity contribution in [1.82, 2.24) is 0 Å². The van der Waals surface area contributed by atoms with Crippen LogP contribution in [-0.4, -0.2) is 31.2 Å². The van der Waals surface area contributed by atoms with Crippen molar-refractivity contribution in [3.05, 3.63) is 30.3 Å². The first-order chi connectivity index (χ1) is 19.9. The quantitative estimate of drug-likeness (QED) is 0.304. The number of hydrogen-bond acceptors (Lipinski definition) is 5. The van der Waals surface area contributed by atoms with Crippen LogP contribution in [0, 0.1) is 58.2 Å². The molecule has 1 unspecified atom stereocenters. The minimum Gasteiger partial charge on any atom is -0.363 e. The summed E-state index contributed by atoms with van der Waals surface area (Å²) in [6.07, 6.45) is 13.4. The standard InChI is InChI=1S/C36H56O5S/c1-24(2)10-9-11-25(3)31-16-17-32-30-15-14-26-22-36(37)27(21-35(26,5)33(30)18-19-34(31,32)4)20-28(40-41-36)23-42(38,39)29-12-7-6-8-13-29/h6-8,12-13,24-28,30-33,37H,9-11,14-23H2,1-5H3/t25-,26+,27+,28-,30+,31-,32+,33+,34-,35+,36?/m1/s1. The summed E-state index contributed by atoms with van der Waals surface area (Å²) in [4.78, 5) is 11.7. The third-order valence-electron chi connectivity index (χ3n) is 13.5. The van der Waals surface area contributed by atoms with E-state index in [1.807, 2.05) is 6.07 Å². The normalized spacial score (nSPS) is 44.1. The molecule has 5 nitrogen and oxygen atoms in total. The molecule has 1 aromatic carbocycles. The van der Waals surface area contributed by atoms with E-state index >= 15 is 0 Å². The maximum Gasteiger partial charge on any atom is 0.202 e. The maximum atomic E-state index is 13.1. The number of benzene rings is 1. The number of aliphatic hydroxyl groups is 1. The van der Waals surface area contributed by atoms with Crippen molar-refractivity contribution in [3.8, 4) is 0 Å². The van der Waals surface area contributed by atoms with E-state index in [1.165, 1.54) is 51.4 Å². The van der Waals surface area contributed by atoms with Crippen molar-refractivity contribution >= 4 is 9.84 Å². The first-order valence-corrected chi connectivity index (χ1v) is 18.9. The number of sulfone groups is 1. The lowest BCUT2D eigenvalue weighted by Gasteiger charge is -2.64. The summed E-state index contributed by atoms with van der Waals surface area (Å²) in [5.41, 5.74) is 0.626. The SMILES string of the molecule is CC(C)CCC[C@@H](C)[C@H]1CC[C@H]2[C@@H]3CC[C@H]4CC5(O)OO[C@@H](CS(=O)(=O)c6ccccc6)C[C@H]5C[C@]4(C)[C@H]3CC[C@]12C. The van der Waals surface area contributed by atoms with Crippen LogP contribution in [0.15, 0.2) is 35.2 Å². The van der Waals surface area contributed by atoms with E-state index in [9.17, 15) is 13.5 Å². The van der Waals surface area contributed by atoms with Crippen molar-refractivity contribution < 1.29 is 23.3 Å². The average molecular weight is 601 g/mol. The Labute approximate surface area is 255 Å². The second-order valence-electron chi connectivity index (χ2n) is 16.3. The Hall–Kier alpha value is -0.950. The molecule has 11 atom stereocenters. The molecule has 0 aromatic heterocycles. The second kappa shape index (κ2) is 11.4. The summed E-state index contributed by atoms with van der Waals surface area (Å²) in [5.74, 6) is 3.64. The maximum absolute atomic E-state index is 13.1. The Morgan fingerprint density at radius 2 is 1.64 bits per heavy atom. The molecular formula is C36H56O5S. The fraction of sp³-hybridized carbons (Fsp3) is 0.833. The van der Waals surface area contributed by atoms with Crippen LogP contribution >= 0.6 is 0 Å². The fourth-order valence-corrected chi connectivity index (χ4v) is 12.8. The van der Waals surface area contributed by atoms with Crippen LogP contribution < -0.4 is 0 Å². The highest BCUT2D eigenvalue weighted by Gasteiger charge is 2.64. The van der Waals surface area contributed by atoms with Crippen molar-refractivity contribution in [3.63, 3.8) is 0 Å². The molecule has 1 saturated heterocycles. The Kier molecular flexibility index (Phi) is 8.46. The predicted molar refractivity (Wildman–Crippen MR) is 166 cm³/mol. The summed E-state index contributed by atoms with van der Waals surface area (Å²) in [7, 11) is -3.50. The van der Waals surface area contributed by atoms with E-state index in [1.54, 1.807) is 24.3 Å². The summed E-state index contributed by atoms with van der Waals surface area (Å²) >= 11 is 0. The number of fused-ring (bicyclic) bond motifs is 6. The van der Waals surface area contributed by atoms with Gasteiger partial charge in [0, 0.05) is 12.3 Å². The summed E-state index contributed by atoms with van der Waals surface area (Å²) in [5, 5.41) is 11.7. The van der Waals surface area contributed by atoms with Gasteiger partial charge in [0.1, 0.15) is 6.10 Å². The first kappa shape index (κ1) is 31.0. The molecule has 5 aliphatic rings. The molecule has 0 amide bonds. The van der Waals surface area contributed by atoms with Crippen LogP contribution in [0.3, 0.4) is 0 Å². The molecule has 4 aliphatic carbocycles. The minimum absolute atomic E-state index is 0.104. The lowest BCUT2D eigenvalue weighted by Crippen LogP contribution is -2.61. The highest BCUT2D eigenvalue weighted by molar-refractivity contribution is 7.91. The topological polar surface area (TPSA) is 72.8 Å². The van der Waals surface area contributed by atoms with E-state index in [0.29, 0.717) is 35.0 Å². The lowest BCUT2D eigenvalue weighted by atomic mass is 9.43. The molecule has 0 spiro atoms. The number of hydrogen-bond donors (Lipinski definition) is 1. The minimum atomic E-state index is -3.50. The second-order valence-corrected chi connectivity index (χ2v) is 18.3. The van der Waals surface area contributed by atoms with Crippen molar-refractivity contribution in [2.45, 2.75) is 128 Å². The molecule has 4 saturated carbocycles. The molecular weight excluding hydrogens is 544 g/mol. The van der Waals surface area contributed by atoms with Gasteiger partial charge in [-0.1, -0.05) is 72.1 Å². The molecule has 0 bridgehead atoms. The summed E-state index contributed by atoms with van der Waals surface area (Å²) < 4.78 is 26.2. The molecule has 5 fully saturated rings. The van der Waals surface area contributed by atoms with E-state index in [4.69, 9.17) is 9.78 Å². The highest BCUT2D eigenvalue weighted by atomic mass is 32.2. The molecule has 1 heterocycles. The van der Waals surface area contributed by atoms with E-state index < -0.39 is 21.7 Å². The molecule has 6 heteroatoms. The fourth-order valence-electron chi connectivity index (χ4n) is 11.4. The zero-order chi connectivity index (χ0) is 29.9. The molecule has 42 heavy (non-hydrogen) atoms.